The monoisotopic (exact) mass is 272 g/mol. The van der Waals surface area contributed by atoms with Crippen LogP contribution < -0.4 is 0 Å². The molecule has 0 fully saturated rings. The Morgan fingerprint density at radius 1 is 1.47 bits per heavy atom. The van der Waals surface area contributed by atoms with Gasteiger partial charge in [-0.05, 0) is 11.6 Å². The van der Waals surface area contributed by atoms with E-state index in [-0.39, 0.29) is 13.0 Å². The SMILES string of the molecule is CC(CO)(CC(=O)O)c1ccccc1Br. The summed E-state index contributed by atoms with van der Waals surface area (Å²) in [5.74, 6) is -0.915. The highest BCUT2D eigenvalue weighted by Gasteiger charge is 2.30. The van der Waals surface area contributed by atoms with Crippen LogP contribution in [0.5, 0.6) is 0 Å². The number of carboxylic acid groups (broad SMARTS) is 1. The molecule has 0 radical (unpaired) electrons. The summed E-state index contributed by atoms with van der Waals surface area (Å²) in [6.07, 6.45) is -0.0912. The standard InChI is InChI=1S/C11H13BrO3/c1-11(7-13,6-10(14)15)8-4-2-3-5-9(8)12/h2-5,13H,6-7H2,1H3,(H,14,15). The maximum atomic E-state index is 10.7. The third-order valence-electron chi connectivity index (χ3n) is 2.41. The van der Waals surface area contributed by atoms with E-state index in [0.717, 1.165) is 10.0 Å². The average molecular weight is 273 g/mol. The molecular formula is C11H13BrO3. The number of aliphatic hydroxyl groups excluding tert-OH is 1. The van der Waals surface area contributed by atoms with Crippen LogP contribution in [0.2, 0.25) is 0 Å². The molecule has 0 aliphatic heterocycles. The molecule has 0 saturated carbocycles. The maximum Gasteiger partial charge on any atom is 0.304 e. The van der Waals surface area contributed by atoms with Gasteiger partial charge in [0.15, 0.2) is 0 Å². The fourth-order valence-corrected chi connectivity index (χ4v) is 2.28. The van der Waals surface area contributed by atoms with E-state index in [1.54, 1.807) is 6.92 Å². The van der Waals surface area contributed by atoms with Crippen molar-refractivity contribution >= 4 is 21.9 Å². The molecule has 1 aromatic rings. The van der Waals surface area contributed by atoms with Crippen molar-refractivity contribution in [2.75, 3.05) is 6.61 Å². The van der Waals surface area contributed by atoms with E-state index in [1.807, 2.05) is 24.3 Å². The van der Waals surface area contributed by atoms with E-state index in [1.165, 1.54) is 0 Å². The molecule has 0 saturated heterocycles. The summed E-state index contributed by atoms with van der Waals surface area (Å²) in [6, 6.07) is 7.34. The van der Waals surface area contributed by atoms with Crippen molar-refractivity contribution in [3.63, 3.8) is 0 Å². The Morgan fingerprint density at radius 2 is 2.07 bits per heavy atom. The van der Waals surface area contributed by atoms with Crippen molar-refractivity contribution in [1.29, 1.82) is 0 Å². The first-order valence-electron chi connectivity index (χ1n) is 4.57. The van der Waals surface area contributed by atoms with Gasteiger partial charge < -0.3 is 10.2 Å². The lowest BCUT2D eigenvalue weighted by Crippen LogP contribution is -2.30. The number of hydrogen-bond donors (Lipinski definition) is 2. The van der Waals surface area contributed by atoms with Gasteiger partial charge in [0.1, 0.15) is 0 Å². The van der Waals surface area contributed by atoms with Crippen molar-refractivity contribution < 1.29 is 15.0 Å². The summed E-state index contributed by atoms with van der Waals surface area (Å²) in [4.78, 5) is 10.7. The highest BCUT2D eigenvalue weighted by Crippen LogP contribution is 2.32. The van der Waals surface area contributed by atoms with Gasteiger partial charge in [-0.25, -0.2) is 0 Å². The molecule has 1 atom stereocenters. The minimum Gasteiger partial charge on any atom is -0.481 e. The zero-order valence-electron chi connectivity index (χ0n) is 8.40. The topological polar surface area (TPSA) is 57.5 Å². The molecule has 1 aromatic carbocycles. The Labute approximate surface area is 96.9 Å². The molecule has 3 nitrogen and oxygen atoms in total. The third kappa shape index (κ3) is 2.79. The number of rotatable bonds is 4. The minimum atomic E-state index is -0.915. The molecule has 2 N–H and O–H groups in total. The normalized spacial score (nSPS) is 14.6. The molecule has 1 rings (SSSR count). The molecule has 0 aliphatic rings. The summed E-state index contributed by atoms with van der Waals surface area (Å²) < 4.78 is 0.822. The van der Waals surface area contributed by atoms with Crippen molar-refractivity contribution in [2.24, 2.45) is 0 Å². The molecule has 15 heavy (non-hydrogen) atoms. The largest absolute Gasteiger partial charge is 0.481 e. The Morgan fingerprint density at radius 3 is 2.53 bits per heavy atom. The van der Waals surface area contributed by atoms with Crippen LogP contribution in [-0.4, -0.2) is 22.8 Å². The maximum absolute atomic E-state index is 10.7. The number of aliphatic carboxylic acids is 1. The Kier molecular flexibility index (Phi) is 3.88. The number of hydrogen-bond acceptors (Lipinski definition) is 2. The Bertz CT molecular complexity index is 365. The van der Waals surface area contributed by atoms with Gasteiger partial charge in [0.05, 0.1) is 13.0 Å². The van der Waals surface area contributed by atoms with E-state index < -0.39 is 11.4 Å². The lowest BCUT2D eigenvalue weighted by atomic mass is 9.80. The second-order valence-electron chi connectivity index (χ2n) is 3.77. The zero-order valence-corrected chi connectivity index (χ0v) is 9.99. The first-order chi connectivity index (χ1) is 6.99. The molecule has 0 bridgehead atoms. The van der Waals surface area contributed by atoms with Gasteiger partial charge in [-0.3, -0.25) is 4.79 Å². The Balaban J connectivity index is 3.11. The van der Waals surface area contributed by atoms with Crippen molar-refractivity contribution in [1.82, 2.24) is 0 Å². The summed E-state index contributed by atoms with van der Waals surface area (Å²) >= 11 is 3.36. The minimum absolute atomic E-state index is 0.0912. The van der Waals surface area contributed by atoms with Crippen LogP contribution in [0.25, 0.3) is 0 Å². The third-order valence-corrected chi connectivity index (χ3v) is 3.11. The van der Waals surface area contributed by atoms with Gasteiger partial charge in [0, 0.05) is 9.89 Å². The van der Waals surface area contributed by atoms with Gasteiger partial charge in [-0.15, -0.1) is 0 Å². The molecule has 0 amide bonds. The van der Waals surface area contributed by atoms with Crippen LogP contribution in [0.15, 0.2) is 28.7 Å². The molecule has 0 spiro atoms. The molecule has 0 aromatic heterocycles. The van der Waals surface area contributed by atoms with Crippen molar-refractivity contribution in [3.05, 3.63) is 34.3 Å². The Hall–Kier alpha value is -0.870. The van der Waals surface area contributed by atoms with Crippen LogP contribution in [0.1, 0.15) is 18.9 Å². The van der Waals surface area contributed by atoms with Gasteiger partial charge >= 0.3 is 5.97 Å². The van der Waals surface area contributed by atoms with Gasteiger partial charge in [0.2, 0.25) is 0 Å². The fraction of sp³-hybridized carbons (Fsp3) is 0.364. The fourth-order valence-electron chi connectivity index (χ4n) is 1.52. The summed E-state index contributed by atoms with van der Waals surface area (Å²) in [6.45, 7) is 1.54. The summed E-state index contributed by atoms with van der Waals surface area (Å²) in [7, 11) is 0. The highest BCUT2D eigenvalue weighted by molar-refractivity contribution is 9.10. The van der Waals surface area contributed by atoms with Crippen LogP contribution in [0.4, 0.5) is 0 Å². The van der Waals surface area contributed by atoms with E-state index in [4.69, 9.17) is 5.11 Å². The van der Waals surface area contributed by atoms with Crippen LogP contribution in [0, 0.1) is 0 Å². The molecular weight excluding hydrogens is 260 g/mol. The first-order valence-corrected chi connectivity index (χ1v) is 5.36. The molecule has 1 unspecified atom stereocenters. The predicted molar refractivity (Wildman–Crippen MR) is 60.8 cm³/mol. The van der Waals surface area contributed by atoms with Gasteiger partial charge in [-0.2, -0.15) is 0 Å². The van der Waals surface area contributed by atoms with Crippen molar-refractivity contribution in [3.8, 4) is 0 Å². The van der Waals surface area contributed by atoms with Crippen LogP contribution in [0.3, 0.4) is 0 Å². The summed E-state index contributed by atoms with van der Waals surface area (Å²) in [5, 5.41) is 18.1. The zero-order chi connectivity index (χ0) is 11.5. The predicted octanol–water partition coefficient (Wildman–Crippen LogP) is 2.17. The molecule has 0 heterocycles. The molecule has 82 valence electrons. The van der Waals surface area contributed by atoms with Crippen LogP contribution >= 0.6 is 15.9 Å². The second-order valence-corrected chi connectivity index (χ2v) is 4.62. The number of aliphatic hydroxyl groups is 1. The van der Waals surface area contributed by atoms with Crippen LogP contribution in [-0.2, 0) is 10.2 Å². The number of carbonyl (C=O) groups is 1. The number of benzene rings is 1. The first kappa shape index (κ1) is 12.2. The lowest BCUT2D eigenvalue weighted by Gasteiger charge is -2.27. The highest BCUT2D eigenvalue weighted by atomic mass is 79.9. The number of halogens is 1. The lowest BCUT2D eigenvalue weighted by molar-refractivity contribution is -0.138. The average Bonchev–Trinajstić information content (AvgIpc) is 2.17. The van der Waals surface area contributed by atoms with E-state index >= 15 is 0 Å². The van der Waals surface area contributed by atoms with E-state index in [9.17, 15) is 9.90 Å². The quantitative estimate of drug-likeness (QED) is 0.884. The van der Waals surface area contributed by atoms with Gasteiger partial charge in [-0.1, -0.05) is 41.1 Å². The van der Waals surface area contributed by atoms with E-state index in [0.29, 0.717) is 0 Å². The van der Waals surface area contributed by atoms with Crippen molar-refractivity contribution in [2.45, 2.75) is 18.8 Å². The molecule has 0 aliphatic carbocycles. The number of carboxylic acids is 1. The summed E-state index contributed by atoms with van der Waals surface area (Å²) in [5.41, 5.74) is 0.0706. The molecule has 4 heteroatoms. The smallest absolute Gasteiger partial charge is 0.304 e. The van der Waals surface area contributed by atoms with Gasteiger partial charge in [0.25, 0.3) is 0 Å². The second kappa shape index (κ2) is 4.77. The van der Waals surface area contributed by atoms with E-state index in [2.05, 4.69) is 15.9 Å².